The smallest absolute Gasteiger partial charge is 0.343 e. The maximum absolute atomic E-state index is 12.5. The first-order chi connectivity index (χ1) is 15.7. The molecule has 0 heterocycles. The summed E-state index contributed by atoms with van der Waals surface area (Å²) in [5, 5.41) is 0. The fraction of sp³-hybridized carbons (Fsp3) is 0.200. The predicted octanol–water partition coefficient (Wildman–Crippen LogP) is 5.02. The van der Waals surface area contributed by atoms with E-state index in [1.54, 1.807) is 36.4 Å². The van der Waals surface area contributed by atoms with Crippen molar-refractivity contribution in [1.29, 1.82) is 0 Å². The van der Waals surface area contributed by atoms with Gasteiger partial charge in [0.2, 0.25) is 0 Å². The van der Waals surface area contributed by atoms with E-state index in [0.29, 0.717) is 17.0 Å². The lowest BCUT2D eigenvalue weighted by molar-refractivity contribution is 0.0469. The van der Waals surface area contributed by atoms with Crippen LogP contribution in [0.5, 0.6) is 5.75 Å². The minimum absolute atomic E-state index is 0.0931. The fourth-order valence-electron chi connectivity index (χ4n) is 3.05. The summed E-state index contributed by atoms with van der Waals surface area (Å²) in [6, 6.07) is 18.6. The lowest BCUT2D eigenvalue weighted by atomic mass is 9.98. The molecule has 0 amide bonds. The quantitative estimate of drug-likeness (QED) is 0.281. The molecule has 172 valence electrons. The SMILES string of the molecule is CCC(C)c1ccc(C(=O)OCc2ccccc2OC(=O)c2ccc(S(=O)(=O)O)cc2)cc1. The van der Waals surface area contributed by atoms with E-state index in [0.717, 1.165) is 24.1 Å². The molecule has 0 saturated carbocycles. The maximum atomic E-state index is 12.5. The van der Waals surface area contributed by atoms with Crippen LogP contribution in [0.1, 0.15) is 58.0 Å². The van der Waals surface area contributed by atoms with E-state index >= 15 is 0 Å². The first-order valence-corrected chi connectivity index (χ1v) is 11.8. The first kappa shape index (κ1) is 24.2. The lowest BCUT2D eigenvalue weighted by Crippen LogP contribution is -2.11. The van der Waals surface area contributed by atoms with Crippen LogP contribution in [0.3, 0.4) is 0 Å². The monoisotopic (exact) mass is 468 g/mol. The molecule has 0 aromatic heterocycles. The summed E-state index contributed by atoms with van der Waals surface area (Å²) in [5.41, 5.74) is 2.16. The van der Waals surface area contributed by atoms with Gasteiger partial charge in [-0.3, -0.25) is 4.55 Å². The molecule has 0 aliphatic carbocycles. The zero-order valence-electron chi connectivity index (χ0n) is 18.2. The van der Waals surface area contributed by atoms with Crippen molar-refractivity contribution >= 4 is 22.1 Å². The number of para-hydroxylation sites is 1. The second-order valence-corrected chi connectivity index (χ2v) is 8.93. The molecule has 0 aliphatic heterocycles. The number of ether oxygens (including phenoxy) is 2. The molecule has 33 heavy (non-hydrogen) atoms. The number of hydrogen-bond acceptors (Lipinski definition) is 6. The van der Waals surface area contributed by atoms with E-state index < -0.39 is 22.1 Å². The average molecular weight is 469 g/mol. The molecular formula is C25H24O7S. The maximum Gasteiger partial charge on any atom is 0.343 e. The summed E-state index contributed by atoms with van der Waals surface area (Å²) in [5.74, 6) is -0.605. The Morgan fingerprint density at radius 2 is 1.45 bits per heavy atom. The highest BCUT2D eigenvalue weighted by Crippen LogP contribution is 2.22. The standard InChI is InChI=1S/C25H24O7S/c1-3-17(2)18-8-10-19(11-9-18)24(26)31-16-21-6-4-5-7-23(21)32-25(27)20-12-14-22(15-13-20)33(28,29)30/h4-15,17H,3,16H2,1-2H3,(H,28,29,30). The van der Waals surface area contributed by atoms with Crippen LogP contribution in [-0.4, -0.2) is 24.9 Å². The minimum Gasteiger partial charge on any atom is -0.457 e. The Morgan fingerprint density at radius 3 is 2.06 bits per heavy atom. The highest BCUT2D eigenvalue weighted by molar-refractivity contribution is 7.85. The van der Waals surface area contributed by atoms with Crippen molar-refractivity contribution in [2.24, 2.45) is 0 Å². The third-order valence-corrected chi connectivity index (χ3v) is 6.12. The van der Waals surface area contributed by atoms with Gasteiger partial charge < -0.3 is 9.47 Å². The van der Waals surface area contributed by atoms with Gasteiger partial charge in [0, 0.05) is 5.56 Å². The first-order valence-electron chi connectivity index (χ1n) is 10.3. The summed E-state index contributed by atoms with van der Waals surface area (Å²) >= 11 is 0. The van der Waals surface area contributed by atoms with Crippen LogP contribution in [0, 0.1) is 0 Å². The van der Waals surface area contributed by atoms with Gasteiger partial charge in [-0.2, -0.15) is 8.42 Å². The van der Waals surface area contributed by atoms with Crippen LogP contribution in [0.4, 0.5) is 0 Å². The molecular weight excluding hydrogens is 444 g/mol. The third kappa shape index (κ3) is 6.27. The number of benzene rings is 3. The molecule has 0 radical (unpaired) electrons. The Balaban J connectivity index is 1.66. The Kier molecular flexibility index (Phi) is 7.63. The van der Waals surface area contributed by atoms with Crippen molar-refractivity contribution in [3.63, 3.8) is 0 Å². The van der Waals surface area contributed by atoms with Gasteiger partial charge >= 0.3 is 11.9 Å². The predicted molar refractivity (Wildman–Crippen MR) is 122 cm³/mol. The van der Waals surface area contributed by atoms with Crippen molar-refractivity contribution in [3.05, 3.63) is 95.1 Å². The van der Waals surface area contributed by atoms with E-state index in [-0.39, 0.29) is 22.8 Å². The molecule has 0 aliphatic rings. The topological polar surface area (TPSA) is 107 Å². The van der Waals surface area contributed by atoms with Gasteiger partial charge in [0.15, 0.2) is 0 Å². The van der Waals surface area contributed by atoms with Crippen LogP contribution in [0.15, 0.2) is 77.7 Å². The van der Waals surface area contributed by atoms with Crippen LogP contribution in [0.2, 0.25) is 0 Å². The molecule has 1 atom stereocenters. The van der Waals surface area contributed by atoms with E-state index in [4.69, 9.17) is 14.0 Å². The van der Waals surface area contributed by atoms with Crippen molar-refractivity contribution in [1.82, 2.24) is 0 Å². The van der Waals surface area contributed by atoms with Gasteiger partial charge in [-0.15, -0.1) is 0 Å². The Bertz CT molecular complexity index is 1230. The van der Waals surface area contributed by atoms with Crippen molar-refractivity contribution < 1.29 is 32.0 Å². The molecule has 1 N–H and O–H groups in total. The van der Waals surface area contributed by atoms with E-state index in [1.165, 1.54) is 12.1 Å². The Hall–Kier alpha value is -3.49. The molecule has 0 fully saturated rings. The zero-order chi connectivity index (χ0) is 24.0. The minimum atomic E-state index is -4.36. The summed E-state index contributed by atoms with van der Waals surface area (Å²) in [6.45, 7) is 4.12. The molecule has 0 saturated heterocycles. The molecule has 0 spiro atoms. The molecule has 1 unspecified atom stereocenters. The second kappa shape index (κ2) is 10.4. The summed E-state index contributed by atoms with van der Waals surface area (Å²) in [7, 11) is -4.36. The number of rotatable bonds is 8. The molecule has 3 aromatic carbocycles. The third-order valence-electron chi connectivity index (χ3n) is 5.25. The largest absolute Gasteiger partial charge is 0.457 e. The van der Waals surface area contributed by atoms with Gasteiger partial charge in [-0.05, 0) is 60.4 Å². The number of carbonyl (C=O) groups is 2. The Labute approximate surface area is 192 Å². The molecule has 7 nitrogen and oxygen atoms in total. The molecule has 3 aromatic rings. The molecule has 8 heteroatoms. The van der Waals surface area contributed by atoms with Crippen LogP contribution >= 0.6 is 0 Å². The average Bonchev–Trinajstić information content (AvgIpc) is 2.82. The van der Waals surface area contributed by atoms with Gasteiger partial charge in [0.25, 0.3) is 10.1 Å². The highest BCUT2D eigenvalue weighted by Gasteiger charge is 2.16. The normalized spacial score (nSPS) is 12.1. The lowest BCUT2D eigenvalue weighted by Gasteiger charge is -2.12. The van der Waals surface area contributed by atoms with Crippen LogP contribution < -0.4 is 4.74 Å². The molecule has 0 bridgehead atoms. The van der Waals surface area contributed by atoms with Gasteiger partial charge in [0.05, 0.1) is 16.0 Å². The van der Waals surface area contributed by atoms with Gasteiger partial charge in [-0.1, -0.05) is 44.2 Å². The molecule has 3 rings (SSSR count). The second-order valence-electron chi connectivity index (χ2n) is 7.50. The van der Waals surface area contributed by atoms with Crippen LogP contribution in [-0.2, 0) is 21.5 Å². The van der Waals surface area contributed by atoms with Crippen molar-refractivity contribution in [2.75, 3.05) is 0 Å². The highest BCUT2D eigenvalue weighted by atomic mass is 32.2. The van der Waals surface area contributed by atoms with Crippen LogP contribution in [0.25, 0.3) is 0 Å². The summed E-state index contributed by atoms with van der Waals surface area (Å²) < 4.78 is 42.1. The number of hydrogen-bond donors (Lipinski definition) is 1. The van der Waals surface area contributed by atoms with E-state index in [2.05, 4.69) is 13.8 Å². The van der Waals surface area contributed by atoms with Gasteiger partial charge in [-0.25, -0.2) is 9.59 Å². The van der Waals surface area contributed by atoms with Crippen molar-refractivity contribution in [2.45, 2.75) is 37.7 Å². The zero-order valence-corrected chi connectivity index (χ0v) is 19.0. The van der Waals surface area contributed by atoms with E-state index in [9.17, 15) is 18.0 Å². The summed E-state index contributed by atoms with van der Waals surface area (Å²) in [6.07, 6.45) is 1.00. The number of esters is 2. The number of carbonyl (C=O) groups excluding carboxylic acids is 2. The van der Waals surface area contributed by atoms with E-state index in [1.807, 2.05) is 12.1 Å². The Morgan fingerprint density at radius 1 is 0.879 bits per heavy atom. The van der Waals surface area contributed by atoms with Gasteiger partial charge in [0.1, 0.15) is 12.4 Å². The van der Waals surface area contributed by atoms with Crippen molar-refractivity contribution in [3.8, 4) is 5.75 Å². The fourth-order valence-corrected chi connectivity index (χ4v) is 3.53. The summed E-state index contributed by atoms with van der Waals surface area (Å²) in [4.78, 5) is 24.6.